The van der Waals surface area contributed by atoms with E-state index in [2.05, 4.69) is 25.1 Å². The van der Waals surface area contributed by atoms with Gasteiger partial charge in [0.15, 0.2) is 17.3 Å². The number of anilines is 1. The molecule has 1 aliphatic rings. The van der Waals surface area contributed by atoms with Crippen molar-refractivity contribution in [2.24, 2.45) is 7.05 Å². The molecule has 1 aliphatic heterocycles. The lowest BCUT2D eigenvalue weighted by molar-refractivity contribution is 0.733. The van der Waals surface area contributed by atoms with Crippen molar-refractivity contribution >= 4 is 35.3 Å². The summed E-state index contributed by atoms with van der Waals surface area (Å²) >= 11 is 6.12. The van der Waals surface area contributed by atoms with Gasteiger partial charge in [-0.1, -0.05) is 11.6 Å². The maximum Gasteiger partial charge on any atom is 0.224 e. The second kappa shape index (κ2) is 5.90. The van der Waals surface area contributed by atoms with E-state index in [4.69, 9.17) is 11.6 Å². The van der Waals surface area contributed by atoms with E-state index >= 15 is 0 Å². The number of halogens is 1. The fourth-order valence-corrected chi connectivity index (χ4v) is 3.09. The molecule has 4 heterocycles. The highest BCUT2D eigenvalue weighted by Gasteiger charge is 2.17. The van der Waals surface area contributed by atoms with Crippen LogP contribution in [0.4, 0.5) is 5.95 Å². The Bertz CT molecular complexity index is 918. The van der Waals surface area contributed by atoms with Crippen LogP contribution in [-0.4, -0.2) is 42.5 Å². The van der Waals surface area contributed by atoms with Gasteiger partial charge in [0.05, 0.1) is 10.7 Å². The van der Waals surface area contributed by atoms with Crippen molar-refractivity contribution in [2.75, 3.05) is 18.0 Å². The second-order valence-electron chi connectivity index (χ2n) is 5.93. The Hall–Kier alpha value is -2.41. The normalized spacial score (nSPS) is 15.2. The first kappa shape index (κ1) is 15.1. The molecule has 7 nitrogen and oxygen atoms in total. The minimum Gasteiger partial charge on any atom is -0.341 e. The molecule has 0 saturated carbocycles. The van der Waals surface area contributed by atoms with E-state index in [0.717, 1.165) is 30.4 Å². The fourth-order valence-electron chi connectivity index (χ4n) is 2.94. The Morgan fingerprint density at radius 3 is 2.50 bits per heavy atom. The van der Waals surface area contributed by atoms with Gasteiger partial charge < -0.3 is 4.90 Å². The van der Waals surface area contributed by atoms with E-state index in [0.29, 0.717) is 16.7 Å². The molecule has 1 saturated heterocycles. The summed E-state index contributed by atoms with van der Waals surface area (Å²) in [6.07, 6.45) is 6.09. The van der Waals surface area contributed by atoms with Gasteiger partial charge in [0.2, 0.25) is 5.95 Å². The predicted molar refractivity (Wildman–Crippen MR) is 94.1 cm³/mol. The molecular weight excluding hydrogens is 326 g/mol. The molecule has 0 spiro atoms. The highest BCUT2D eigenvalue weighted by molar-refractivity contribution is 6.31. The lowest BCUT2D eigenvalue weighted by Crippen LogP contribution is -2.21. The zero-order valence-electron chi connectivity index (χ0n) is 13.6. The molecule has 0 bridgehead atoms. The average molecular weight is 344 g/mol. The van der Waals surface area contributed by atoms with Gasteiger partial charge in [0, 0.05) is 20.1 Å². The van der Waals surface area contributed by atoms with Crippen LogP contribution in [0.2, 0.25) is 5.02 Å². The summed E-state index contributed by atoms with van der Waals surface area (Å²) in [5.74, 6) is 2.18. The number of nitrogens with zero attached hydrogens (tertiary/aromatic N) is 7. The molecular formula is C16H18ClN7. The molecule has 0 N–H and O–H groups in total. The first-order valence-electron chi connectivity index (χ1n) is 7.98. The third-order valence-electron chi connectivity index (χ3n) is 4.22. The first-order valence-corrected chi connectivity index (χ1v) is 8.35. The van der Waals surface area contributed by atoms with Crippen molar-refractivity contribution in [1.82, 2.24) is 29.4 Å². The number of aryl methyl sites for hydroxylation is 2. The van der Waals surface area contributed by atoms with Gasteiger partial charge in [-0.05, 0) is 44.1 Å². The molecule has 0 atom stereocenters. The molecule has 1 fully saturated rings. The zero-order valence-corrected chi connectivity index (χ0v) is 14.4. The van der Waals surface area contributed by atoms with Gasteiger partial charge in [-0.15, -0.1) is 5.10 Å². The monoisotopic (exact) mass is 343 g/mol. The van der Waals surface area contributed by atoms with E-state index < -0.39 is 0 Å². The summed E-state index contributed by atoms with van der Waals surface area (Å²) in [5, 5.41) is 9.58. The Kier molecular flexibility index (Phi) is 3.72. The molecule has 124 valence electrons. The Labute approximate surface area is 144 Å². The quantitative estimate of drug-likeness (QED) is 0.731. The number of rotatable bonds is 3. The largest absolute Gasteiger partial charge is 0.341 e. The fraction of sp³-hybridized carbons (Fsp3) is 0.375. The van der Waals surface area contributed by atoms with Crippen molar-refractivity contribution in [2.45, 2.75) is 19.8 Å². The third-order valence-corrected chi connectivity index (χ3v) is 4.62. The molecule has 0 aliphatic carbocycles. The Morgan fingerprint density at radius 1 is 1.04 bits per heavy atom. The highest BCUT2D eigenvalue weighted by Crippen LogP contribution is 2.19. The van der Waals surface area contributed by atoms with Crippen molar-refractivity contribution in [3.05, 3.63) is 34.5 Å². The molecule has 8 heteroatoms. The summed E-state index contributed by atoms with van der Waals surface area (Å²) in [6.45, 7) is 4.01. The molecule has 0 amide bonds. The predicted octanol–water partition coefficient (Wildman–Crippen LogP) is 2.59. The lowest BCUT2D eigenvalue weighted by atomic mass is 10.4. The van der Waals surface area contributed by atoms with Crippen molar-refractivity contribution in [1.29, 1.82) is 0 Å². The maximum atomic E-state index is 6.12. The van der Waals surface area contributed by atoms with Gasteiger partial charge in [0.1, 0.15) is 0 Å². The SMILES string of the molecule is Cc1c(Cl)ccc2nc(/C=C/c3nc(N4CCCC4)n(C)n3)nn12. The van der Waals surface area contributed by atoms with Gasteiger partial charge >= 0.3 is 0 Å². The third kappa shape index (κ3) is 2.65. The molecule has 4 rings (SSSR count). The maximum absolute atomic E-state index is 6.12. The second-order valence-corrected chi connectivity index (χ2v) is 6.33. The smallest absolute Gasteiger partial charge is 0.224 e. The van der Waals surface area contributed by atoms with E-state index in [9.17, 15) is 0 Å². The molecule has 0 radical (unpaired) electrons. The Morgan fingerprint density at radius 2 is 1.75 bits per heavy atom. The van der Waals surface area contributed by atoms with Crippen LogP contribution in [0.5, 0.6) is 0 Å². The van der Waals surface area contributed by atoms with Crippen LogP contribution in [0.15, 0.2) is 12.1 Å². The standard InChI is InChI=1S/C16H18ClN7/c1-11-12(17)5-8-15-18-13(21-24(11)15)6-7-14-19-16(22(2)20-14)23-9-3-4-10-23/h5-8H,3-4,9-10H2,1-2H3/b7-6+. The number of hydrogen-bond acceptors (Lipinski definition) is 5. The van der Waals surface area contributed by atoms with Gasteiger partial charge in [-0.3, -0.25) is 0 Å². The van der Waals surface area contributed by atoms with Crippen molar-refractivity contribution in [3.8, 4) is 0 Å². The molecule has 24 heavy (non-hydrogen) atoms. The first-order chi connectivity index (χ1) is 11.6. The van der Waals surface area contributed by atoms with E-state index in [-0.39, 0.29) is 0 Å². The van der Waals surface area contributed by atoms with Gasteiger partial charge in [0.25, 0.3) is 0 Å². The molecule has 3 aromatic rings. The topological polar surface area (TPSA) is 64.1 Å². The van der Waals surface area contributed by atoms with E-state index in [1.54, 1.807) is 4.52 Å². The van der Waals surface area contributed by atoms with Crippen LogP contribution in [0, 0.1) is 6.92 Å². The lowest BCUT2D eigenvalue weighted by Gasteiger charge is -2.14. The van der Waals surface area contributed by atoms with Crippen LogP contribution < -0.4 is 4.90 Å². The Balaban J connectivity index is 1.61. The summed E-state index contributed by atoms with van der Waals surface area (Å²) in [6, 6.07) is 3.68. The zero-order chi connectivity index (χ0) is 16.7. The molecule has 3 aromatic heterocycles. The summed E-state index contributed by atoms with van der Waals surface area (Å²) < 4.78 is 3.57. The summed E-state index contributed by atoms with van der Waals surface area (Å²) in [4.78, 5) is 11.3. The van der Waals surface area contributed by atoms with E-state index in [1.165, 1.54) is 12.8 Å². The highest BCUT2D eigenvalue weighted by atomic mass is 35.5. The number of aromatic nitrogens is 6. The number of hydrogen-bond donors (Lipinski definition) is 0. The van der Waals surface area contributed by atoms with Crippen LogP contribution >= 0.6 is 11.6 Å². The molecule has 0 unspecified atom stereocenters. The van der Waals surface area contributed by atoms with Crippen molar-refractivity contribution < 1.29 is 0 Å². The summed E-state index contributed by atoms with van der Waals surface area (Å²) in [5.41, 5.74) is 1.64. The van der Waals surface area contributed by atoms with E-state index in [1.807, 2.05) is 42.9 Å². The van der Waals surface area contributed by atoms with Crippen LogP contribution in [0.3, 0.4) is 0 Å². The number of fused-ring (bicyclic) bond motifs is 1. The summed E-state index contributed by atoms with van der Waals surface area (Å²) in [7, 11) is 1.92. The van der Waals surface area contributed by atoms with Crippen molar-refractivity contribution in [3.63, 3.8) is 0 Å². The minimum absolute atomic E-state index is 0.607. The van der Waals surface area contributed by atoms with Gasteiger partial charge in [-0.2, -0.15) is 10.1 Å². The number of pyridine rings is 1. The van der Waals surface area contributed by atoms with Crippen LogP contribution in [-0.2, 0) is 7.05 Å². The minimum atomic E-state index is 0.607. The van der Waals surface area contributed by atoms with Crippen LogP contribution in [0.25, 0.3) is 17.8 Å². The molecule has 0 aromatic carbocycles. The van der Waals surface area contributed by atoms with Gasteiger partial charge in [-0.25, -0.2) is 14.2 Å². The average Bonchev–Trinajstić information content (AvgIpc) is 3.28. The van der Waals surface area contributed by atoms with Crippen LogP contribution in [0.1, 0.15) is 30.2 Å².